The molecular formula is C46H28O. The maximum Gasteiger partial charge on any atom is 0.136 e. The van der Waals surface area contributed by atoms with Gasteiger partial charge in [-0.2, -0.15) is 0 Å². The lowest BCUT2D eigenvalue weighted by atomic mass is 9.83. The van der Waals surface area contributed by atoms with Crippen molar-refractivity contribution in [3.63, 3.8) is 0 Å². The standard InChI is InChI=1S/C46H28O/c1-2-14-31-28-32(25-24-29(31)12-1)43-37-18-7-9-20-39(37)44(40-21-10-8-19-38(40)43)35-17-6-5-16-34(35)36-22-11-23-41-46(36)45-33-15-4-3-13-30(33)26-27-42(45)47-41/h1-28H/i1D,2D,7D,8D,9D,10D,12D,14D,18D,19D,20D,21D,24D,25D,28D. The summed E-state index contributed by atoms with van der Waals surface area (Å²) in [5.41, 5.74) is 1.85. The van der Waals surface area contributed by atoms with E-state index in [1.807, 2.05) is 60.7 Å². The monoisotopic (exact) mass is 611 g/mol. The minimum atomic E-state index is -0.742. The van der Waals surface area contributed by atoms with Gasteiger partial charge < -0.3 is 4.42 Å². The quantitative estimate of drug-likeness (QED) is 0.181. The summed E-state index contributed by atoms with van der Waals surface area (Å²) in [5, 5.41) is 1.61. The molecule has 0 aliphatic heterocycles. The second-order valence-electron chi connectivity index (χ2n) is 11.2. The van der Waals surface area contributed by atoms with Gasteiger partial charge in [-0.15, -0.1) is 0 Å². The summed E-state index contributed by atoms with van der Waals surface area (Å²) in [7, 11) is 0. The highest BCUT2D eigenvalue weighted by atomic mass is 16.3. The third-order valence-corrected chi connectivity index (χ3v) is 8.75. The fourth-order valence-corrected chi connectivity index (χ4v) is 6.80. The van der Waals surface area contributed by atoms with Crippen LogP contribution in [0.4, 0.5) is 0 Å². The van der Waals surface area contributed by atoms with Gasteiger partial charge in [0, 0.05) is 10.8 Å². The summed E-state index contributed by atoms with van der Waals surface area (Å²) in [6.07, 6.45) is 0. The predicted octanol–water partition coefficient (Wildman–Crippen LogP) is 13.2. The summed E-state index contributed by atoms with van der Waals surface area (Å²) in [4.78, 5) is 0. The van der Waals surface area contributed by atoms with Gasteiger partial charge in [0.25, 0.3) is 0 Å². The third kappa shape index (κ3) is 3.90. The van der Waals surface area contributed by atoms with Crippen LogP contribution in [-0.2, 0) is 0 Å². The molecule has 1 aromatic heterocycles. The lowest BCUT2D eigenvalue weighted by molar-refractivity contribution is 0.669. The molecule has 9 aromatic carbocycles. The first-order chi connectivity index (χ1) is 29.6. The van der Waals surface area contributed by atoms with Crippen LogP contribution in [-0.4, -0.2) is 0 Å². The van der Waals surface area contributed by atoms with Gasteiger partial charge in [0.1, 0.15) is 11.2 Å². The van der Waals surface area contributed by atoms with Crippen LogP contribution in [0, 0.1) is 0 Å². The summed E-state index contributed by atoms with van der Waals surface area (Å²) in [5.74, 6) is 0. The van der Waals surface area contributed by atoms with Crippen molar-refractivity contribution in [2.45, 2.75) is 0 Å². The van der Waals surface area contributed by atoms with Gasteiger partial charge in [-0.1, -0.05) is 151 Å². The van der Waals surface area contributed by atoms with E-state index in [0.717, 1.165) is 21.5 Å². The van der Waals surface area contributed by atoms with Crippen molar-refractivity contribution in [2.24, 2.45) is 0 Å². The van der Waals surface area contributed by atoms with Crippen LogP contribution in [0.25, 0.3) is 98.4 Å². The number of fused-ring (bicyclic) bond motifs is 8. The van der Waals surface area contributed by atoms with Crippen molar-refractivity contribution < 1.29 is 25.0 Å². The number of hydrogen-bond donors (Lipinski definition) is 0. The topological polar surface area (TPSA) is 13.1 Å². The molecule has 0 spiro atoms. The maximum absolute atomic E-state index is 9.52. The molecule has 0 saturated heterocycles. The molecule has 10 rings (SSSR count). The van der Waals surface area contributed by atoms with Crippen LogP contribution in [0.15, 0.2) is 174 Å². The van der Waals surface area contributed by atoms with E-state index in [2.05, 4.69) is 0 Å². The van der Waals surface area contributed by atoms with Gasteiger partial charge in [-0.05, 0) is 94.6 Å². The molecule has 0 N–H and O–H groups in total. The Labute approximate surface area is 293 Å². The first kappa shape index (κ1) is 15.4. The van der Waals surface area contributed by atoms with Crippen molar-refractivity contribution in [3.8, 4) is 33.4 Å². The molecule has 10 aromatic rings. The second kappa shape index (κ2) is 10.2. The van der Waals surface area contributed by atoms with E-state index < -0.39 is 107 Å². The van der Waals surface area contributed by atoms with Crippen molar-refractivity contribution in [1.82, 2.24) is 0 Å². The molecule has 0 atom stereocenters. The lowest BCUT2D eigenvalue weighted by Gasteiger charge is -2.20. The highest BCUT2D eigenvalue weighted by Gasteiger charge is 2.21. The zero-order valence-corrected chi connectivity index (χ0v) is 24.4. The van der Waals surface area contributed by atoms with Crippen LogP contribution < -0.4 is 0 Å². The Morgan fingerprint density at radius 3 is 1.79 bits per heavy atom. The molecule has 218 valence electrons. The average Bonchev–Trinajstić information content (AvgIpc) is 3.67. The molecule has 0 bridgehead atoms. The fourth-order valence-electron chi connectivity index (χ4n) is 6.80. The van der Waals surface area contributed by atoms with Gasteiger partial charge in [-0.25, -0.2) is 0 Å². The Bertz CT molecular complexity index is 3620. The van der Waals surface area contributed by atoms with Gasteiger partial charge in [-0.3, -0.25) is 0 Å². The molecule has 0 fully saturated rings. The summed E-state index contributed by atoms with van der Waals surface area (Å²) in [6.45, 7) is 0. The minimum absolute atomic E-state index is 0.0230. The van der Waals surface area contributed by atoms with Gasteiger partial charge in [0.15, 0.2) is 0 Å². The molecule has 0 radical (unpaired) electrons. The molecule has 47 heavy (non-hydrogen) atoms. The van der Waals surface area contributed by atoms with Gasteiger partial charge >= 0.3 is 0 Å². The Balaban J connectivity index is 1.47. The Morgan fingerprint density at radius 2 is 1.00 bits per heavy atom. The molecule has 1 heteroatoms. The van der Waals surface area contributed by atoms with Gasteiger partial charge in [0.2, 0.25) is 0 Å². The largest absolute Gasteiger partial charge is 0.456 e. The highest BCUT2D eigenvalue weighted by molar-refractivity contribution is 6.26. The normalized spacial score (nSPS) is 16.3. The van der Waals surface area contributed by atoms with E-state index in [4.69, 9.17) is 16.8 Å². The smallest absolute Gasteiger partial charge is 0.136 e. The maximum atomic E-state index is 9.52. The molecule has 0 aliphatic carbocycles. The SMILES string of the molecule is [2H]c1c([2H])c([2H])c2c([2H])c(-c3c4c([2H])c([2H])c([2H])c([2H])c4c(-c4ccccc4-c4cccc5oc6ccc7ccccc7c6c45)c4c([2H])c([2H])c([2H])c([2H])c34)c([2H])c([2H])c2c1[2H]. The Morgan fingerprint density at radius 1 is 0.383 bits per heavy atom. The van der Waals surface area contributed by atoms with Crippen LogP contribution >= 0.6 is 0 Å². The molecule has 0 unspecified atom stereocenters. The van der Waals surface area contributed by atoms with Gasteiger partial charge in [0.05, 0.1) is 20.6 Å². The van der Waals surface area contributed by atoms with Crippen molar-refractivity contribution in [3.05, 3.63) is 169 Å². The molecule has 1 heterocycles. The molecule has 1 nitrogen and oxygen atoms in total. The zero-order valence-electron chi connectivity index (χ0n) is 39.4. The van der Waals surface area contributed by atoms with E-state index in [0.29, 0.717) is 27.9 Å². The Kier molecular flexibility index (Phi) is 3.33. The first-order valence-corrected chi connectivity index (χ1v) is 15.0. The lowest BCUT2D eigenvalue weighted by Crippen LogP contribution is -1.93. The predicted molar refractivity (Wildman–Crippen MR) is 200 cm³/mol. The van der Waals surface area contributed by atoms with Crippen molar-refractivity contribution >= 4 is 65.0 Å². The van der Waals surface area contributed by atoms with Crippen molar-refractivity contribution in [1.29, 1.82) is 0 Å². The second-order valence-corrected chi connectivity index (χ2v) is 11.2. The van der Waals surface area contributed by atoms with E-state index in [1.54, 1.807) is 18.2 Å². The molecule has 0 aliphatic rings. The molecular weight excluding hydrogens is 569 g/mol. The highest BCUT2D eigenvalue weighted by Crippen LogP contribution is 2.48. The summed E-state index contributed by atoms with van der Waals surface area (Å²) >= 11 is 0. The van der Waals surface area contributed by atoms with E-state index >= 15 is 0 Å². The number of hydrogen-bond acceptors (Lipinski definition) is 1. The summed E-state index contributed by atoms with van der Waals surface area (Å²) < 4.78 is 142. The first-order valence-electron chi connectivity index (χ1n) is 22.5. The molecule has 0 saturated carbocycles. The fraction of sp³-hybridized carbons (Fsp3) is 0. The van der Waals surface area contributed by atoms with Crippen LogP contribution in [0.3, 0.4) is 0 Å². The number of rotatable bonds is 3. The van der Waals surface area contributed by atoms with E-state index in [9.17, 15) is 8.22 Å². The van der Waals surface area contributed by atoms with Crippen LogP contribution in [0.2, 0.25) is 0 Å². The van der Waals surface area contributed by atoms with Crippen molar-refractivity contribution in [2.75, 3.05) is 0 Å². The van der Waals surface area contributed by atoms with E-state index in [-0.39, 0.29) is 32.7 Å². The van der Waals surface area contributed by atoms with Crippen LogP contribution in [0.1, 0.15) is 20.6 Å². The number of furan rings is 1. The molecule has 0 amide bonds. The minimum Gasteiger partial charge on any atom is -0.456 e. The number of benzene rings is 9. The zero-order chi connectivity index (χ0) is 44.0. The third-order valence-electron chi connectivity index (χ3n) is 8.75. The average molecular weight is 612 g/mol. The summed E-state index contributed by atoms with van der Waals surface area (Å²) in [6, 6.07) is 14.2. The van der Waals surface area contributed by atoms with E-state index in [1.165, 1.54) is 0 Å². The Hall–Kier alpha value is -6.18. The van der Waals surface area contributed by atoms with Crippen LogP contribution in [0.5, 0.6) is 0 Å².